The van der Waals surface area contributed by atoms with Gasteiger partial charge in [0, 0.05) is 13.6 Å². The fraction of sp³-hybridized carbons (Fsp3) is 1.00. The van der Waals surface area contributed by atoms with Gasteiger partial charge in [-0.3, -0.25) is 0 Å². The van der Waals surface area contributed by atoms with E-state index in [4.69, 9.17) is 0 Å². The van der Waals surface area contributed by atoms with Crippen LogP contribution in [0.3, 0.4) is 0 Å². The summed E-state index contributed by atoms with van der Waals surface area (Å²) in [5.41, 5.74) is 0. The van der Waals surface area contributed by atoms with E-state index in [9.17, 15) is 8.42 Å². The van der Waals surface area contributed by atoms with Crippen molar-refractivity contribution in [1.29, 1.82) is 0 Å². The lowest BCUT2D eigenvalue weighted by molar-refractivity contribution is 0.458. The highest BCUT2D eigenvalue weighted by molar-refractivity contribution is 7.90. The SMILES string of the molecule is CCCCN(C)S(=O)(=O)C1CC1. The first kappa shape index (κ1) is 9.99. The van der Waals surface area contributed by atoms with Gasteiger partial charge in [-0.05, 0) is 19.3 Å². The molecule has 0 aromatic heterocycles. The van der Waals surface area contributed by atoms with Crippen molar-refractivity contribution in [2.24, 2.45) is 0 Å². The maximum atomic E-state index is 11.5. The minimum atomic E-state index is -2.90. The minimum absolute atomic E-state index is 0.0562. The van der Waals surface area contributed by atoms with Crippen molar-refractivity contribution in [3.63, 3.8) is 0 Å². The molecular weight excluding hydrogens is 174 g/mol. The zero-order valence-electron chi connectivity index (χ0n) is 7.78. The monoisotopic (exact) mass is 191 g/mol. The van der Waals surface area contributed by atoms with Gasteiger partial charge in [0.15, 0.2) is 0 Å². The van der Waals surface area contributed by atoms with E-state index in [0.29, 0.717) is 6.54 Å². The summed E-state index contributed by atoms with van der Waals surface area (Å²) >= 11 is 0. The van der Waals surface area contributed by atoms with Crippen molar-refractivity contribution < 1.29 is 8.42 Å². The second kappa shape index (κ2) is 3.75. The molecule has 4 heteroatoms. The zero-order valence-corrected chi connectivity index (χ0v) is 8.60. The van der Waals surface area contributed by atoms with Gasteiger partial charge in [0.05, 0.1) is 5.25 Å². The highest BCUT2D eigenvalue weighted by atomic mass is 32.2. The van der Waals surface area contributed by atoms with Gasteiger partial charge in [-0.15, -0.1) is 0 Å². The summed E-state index contributed by atoms with van der Waals surface area (Å²) < 4.78 is 24.6. The molecule has 0 aromatic rings. The van der Waals surface area contributed by atoms with Gasteiger partial charge in [-0.1, -0.05) is 13.3 Å². The lowest BCUT2D eigenvalue weighted by Crippen LogP contribution is -2.30. The third kappa shape index (κ3) is 2.20. The molecule has 1 aliphatic rings. The number of sulfonamides is 1. The van der Waals surface area contributed by atoms with Gasteiger partial charge in [0.25, 0.3) is 0 Å². The van der Waals surface area contributed by atoms with E-state index in [1.807, 2.05) is 0 Å². The van der Waals surface area contributed by atoms with Gasteiger partial charge in [-0.25, -0.2) is 12.7 Å². The number of hydrogen-bond acceptors (Lipinski definition) is 2. The fourth-order valence-electron chi connectivity index (χ4n) is 1.13. The maximum absolute atomic E-state index is 11.5. The van der Waals surface area contributed by atoms with Crippen molar-refractivity contribution >= 4 is 10.0 Å². The van der Waals surface area contributed by atoms with Crippen LogP contribution in [0, 0.1) is 0 Å². The highest BCUT2D eigenvalue weighted by Gasteiger charge is 2.38. The van der Waals surface area contributed by atoms with E-state index in [1.54, 1.807) is 7.05 Å². The Morgan fingerprint density at radius 1 is 1.42 bits per heavy atom. The summed E-state index contributed by atoms with van der Waals surface area (Å²) in [5.74, 6) is 0. The molecule has 0 aromatic carbocycles. The Morgan fingerprint density at radius 3 is 2.42 bits per heavy atom. The molecule has 72 valence electrons. The molecule has 0 heterocycles. The van der Waals surface area contributed by atoms with Crippen molar-refractivity contribution in [2.75, 3.05) is 13.6 Å². The first-order valence-corrected chi connectivity index (χ1v) is 6.04. The number of hydrogen-bond donors (Lipinski definition) is 0. The lowest BCUT2D eigenvalue weighted by atomic mass is 10.3. The Morgan fingerprint density at radius 2 is 2.00 bits per heavy atom. The van der Waals surface area contributed by atoms with E-state index in [2.05, 4.69) is 6.92 Å². The minimum Gasteiger partial charge on any atom is -0.212 e. The molecule has 12 heavy (non-hydrogen) atoms. The van der Waals surface area contributed by atoms with E-state index in [-0.39, 0.29) is 5.25 Å². The maximum Gasteiger partial charge on any atom is 0.216 e. The standard InChI is InChI=1S/C8H17NO2S/c1-3-4-7-9(2)12(10,11)8-5-6-8/h8H,3-7H2,1-2H3. The first-order chi connectivity index (χ1) is 5.59. The number of rotatable bonds is 5. The van der Waals surface area contributed by atoms with Gasteiger partial charge < -0.3 is 0 Å². The van der Waals surface area contributed by atoms with Crippen LogP contribution in [-0.4, -0.2) is 31.6 Å². The second-order valence-electron chi connectivity index (χ2n) is 3.42. The molecule has 0 bridgehead atoms. The van der Waals surface area contributed by atoms with E-state index >= 15 is 0 Å². The third-order valence-corrected chi connectivity index (χ3v) is 4.57. The molecule has 1 fully saturated rings. The molecule has 0 saturated heterocycles. The smallest absolute Gasteiger partial charge is 0.212 e. The topological polar surface area (TPSA) is 37.4 Å². The summed E-state index contributed by atoms with van der Waals surface area (Å²) in [5, 5.41) is -0.0562. The van der Waals surface area contributed by atoms with Crippen LogP contribution in [0.4, 0.5) is 0 Å². The predicted molar refractivity (Wildman–Crippen MR) is 49.5 cm³/mol. The molecule has 0 amide bonds. The van der Waals surface area contributed by atoms with Crippen LogP contribution < -0.4 is 0 Å². The first-order valence-electron chi connectivity index (χ1n) is 4.54. The van der Waals surface area contributed by atoms with Gasteiger partial charge in [-0.2, -0.15) is 0 Å². The summed E-state index contributed by atoms with van der Waals surface area (Å²) in [7, 11) is -1.22. The molecule has 1 aliphatic carbocycles. The molecule has 0 spiro atoms. The van der Waals surface area contributed by atoms with Crippen LogP contribution in [0.25, 0.3) is 0 Å². The highest BCUT2D eigenvalue weighted by Crippen LogP contribution is 2.30. The number of unbranched alkanes of at least 4 members (excludes halogenated alkanes) is 1. The Bertz CT molecular complexity index is 231. The number of nitrogens with zero attached hydrogens (tertiary/aromatic N) is 1. The van der Waals surface area contributed by atoms with Crippen molar-refractivity contribution in [1.82, 2.24) is 4.31 Å². The lowest BCUT2D eigenvalue weighted by Gasteiger charge is -2.15. The van der Waals surface area contributed by atoms with Crippen molar-refractivity contribution in [2.45, 2.75) is 37.9 Å². The normalized spacial score (nSPS) is 18.6. The fourth-order valence-corrected chi connectivity index (χ4v) is 2.75. The second-order valence-corrected chi connectivity index (χ2v) is 5.74. The summed E-state index contributed by atoms with van der Waals surface area (Å²) in [4.78, 5) is 0. The van der Waals surface area contributed by atoms with E-state index in [0.717, 1.165) is 25.7 Å². The molecule has 0 atom stereocenters. The van der Waals surface area contributed by atoms with Crippen LogP contribution in [0.1, 0.15) is 32.6 Å². The third-order valence-electron chi connectivity index (χ3n) is 2.21. The van der Waals surface area contributed by atoms with E-state index < -0.39 is 10.0 Å². The summed E-state index contributed by atoms with van der Waals surface area (Å²) in [6, 6.07) is 0. The summed E-state index contributed by atoms with van der Waals surface area (Å²) in [6.07, 6.45) is 3.73. The van der Waals surface area contributed by atoms with Crippen LogP contribution in [0.15, 0.2) is 0 Å². The Balaban J connectivity index is 2.44. The molecule has 0 radical (unpaired) electrons. The molecule has 3 nitrogen and oxygen atoms in total. The van der Waals surface area contributed by atoms with Crippen LogP contribution in [0.2, 0.25) is 0 Å². The Hall–Kier alpha value is -0.0900. The Labute approximate surface area is 74.8 Å². The average molecular weight is 191 g/mol. The van der Waals surface area contributed by atoms with Gasteiger partial charge in [0.2, 0.25) is 10.0 Å². The molecule has 1 rings (SSSR count). The molecule has 0 aliphatic heterocycles. The molecular formula is C8H17NO2S. The van der Waals surface area contributed by atoms with Crippen LogP contribution >= 0.6 is 0 Å². The van der Waals surface area contributed by atoms with Gasteiger partial charge in [0.1, 0.15) is 0 Å². The van der Waals surface area contributed by atoms with Crippen molar-refractivity contribution in [3.05, 3.63) is 0 Å². The summed E-state index contributed by atoms with van der Waals surface area (Å²) in [6.45, 7) is 2.74. The quantitative estimate of drug-likeness (QED) is 0.655. The average Bonchev–Trinajstić information content (AvgIpc) is 2.81. The van der Waals surface area contributed by atoms with Gasteiger partial charge >= 0.3 is 0 Å². The van der Waals surface area contributed by atoms with Crippen LogP contribution in [0.5, 0.6) is 0 Å². The molecule has 0 unspecified atom stereocenters. The molecule has 1 saturated carbocycles. The largest absolute Gasteiger partial charge is 0.216 e. The molecule has 0 N–H and O–H groups in total. The zero-order chi connectivity index (χ0) is 9.19. The van der Waals surface area contributed by atoms with Crippen LogP contribution in [-0.2, 0) is 10.0 Å². The van der Waals surface area contributed by atoms with Crippen molar-refractivity contribution in [3.8, 4) is 0 Å². The van der Waals surface area contributed by atoms with E-state index in [1.165, 1.54) is 4.31 Å². The Kier molecular flexibility index (Phi) is 3.12. The predicted octanol–water partition coefficient (Wildman–Crippen LogP) is 1.21.